The summed E-state index contributed by atoms with van der Waals surface area (Å²) in [6.07, 6.45) is 0. The Kier molecular flexibility index (Phi) is 6.64. The zero-order chi connectivity index (χ0) is 28.9. The molecule has 0 N–H and O–H groups in total. The van der Waals surface area contributed by atoms with Crippen LogP contribution in [0.5, 0.6) is 0 Å². The smallest absolute Gasteiger partial charge is 0.312 e. The molecule has 1 aliphatic heterocycles. The largest absolute Gasteiger partial charge is 0.469 e. The van der Waals surface area contributed by atoms with Crippen molar-refractivity contribution in [1.82, 2.24) is 3.97 Å². The quantitative estimate of drug-likeness (QED) is 0.220. The Morgan fingerprint density at radius 2 is 1.83 bits per heavy atom. The molecule has 2 aromatic heterocycles. The number of halogens is 1. The third kappa shape index (κ3) is 4.47. The number of anilines is 1. The molecular formula is C31H24FN3O4S2. The second kappa shape index (κ2) is 10.2. The van der Waals surface area contributed by atoms with Gasteiger partial charge in [0.2, 0.25) is 0 Å². The van der Waals surface area contributed by atoms with Crippen LogP contribution in [0, 0.1) is 30.0 Å². The van der Waals surface area contributed by atoms with E-state index in [-0.39, 0.29) is 16.8 Å². The maximum atomic E-state index is 14.7. The number of methoxy groups -OCH3 is 1. The maximum absolute atomic E-state index is 14.7. The highest BCUT2D eigenvalue weighted by Crippen LogP contribution is 2.46. The van der Waals surface area contributed by atoms with E-state index >= 15 is 0 Å². The molecule has 0 radical (unpaired) electrons. The molecule has 1 saturated heterocycles. The fraction of sp³-hybridized carbons (Fsp3) is 0.161. The fourth-order valence-corrected chi connectivity index (χ4v) is 7.69. The average Bonchev–Trinajstić information content (AvgIpc) is 3.54. The van der Waals surface area contributed by atoms with E-state index in [2.05, 4.69) is 6.07 Å². The Hall–Kier alpha value is -4.46. The molecule has 3 aromatic carbocycles. The molecule has 6 rings (SSSR count). The van der Waals surface area contributed by atoms with Gasteiger partial charge in [-0.1, -0.05) is 29.8 Å². The third-order valence-corrected chi connectivity index (χ3v) is 10.0. The number of aromatic nitrogens is 1. The summed E-state index contributed by atoms with van der Waals surface area (Å²) in [4.78, 5) is 14.6. The standard InChI is InChI=1S/C31H24FN3O4S2/c1-19-6-9-25(10-7-19)41(37,38)35-27-11-8-23(32)15-26(27)28(30-21(16-33)12-13-40-30)29(35)20-4-3-5-24(14-20)34-17-22(18-34)31(36)39-2/h3-15,22H,17-18H2,1-2H3. The van der Waals surface area contributed by atoms with Gasteiger partial charge in [0.25, 0.3) is 10.0 Å². The summed E-state index contributed by atoms with van der Waals surface area (Å²) < 4.78 is 49.6. The molecule has 0 amide bonds. The zero-order valence-electron chi connectivity index (χ0n) is 22.2. The van der Waals surface area contributed by atoms with E-state index in [4.69, 9.17) is 4.74 Å². The molecule has 5 aromatic rings. The number of esters is 1. The molecule has 0 bridgehead atoms. The summed E-state index contributed by atoms with van der Waals surface area (Å²) in [5.74, 6) is -1.03. The number of fused-ring (bicyclic) bond motifs is 1. The Morgan fingerprint density at radius 3 is 2.54 bits per heavy atom. The van der Waals surface area contributed by atoms with E-state index in [0.29, 0.717) is 51.3 Å². The van der Waals surface area contributed by atoms with Gasteiger partial charge in [-0.25, -0.2) is 16.8 Å². The minimum absolute atomic E-state index is 0.0867. The molecule has 0 unspecified atom stereocenters. The molecule has 206 valence electrons. The molecule has 0 spiro atoms. The summed E-state index contributed by atoms with van der Waals surface area (Å²) >= 11 is 1.30. The van der Waals surface area contributed by atoms with Gasteiger partial charge in [0.05, 0.1) is 39.6 Å². The van der Waals surface area contributed by atoms with Crippen molar-refractivity contribution in [2.24, 2.45) is 5.92 Å². The van der Waals surface area contributed by atoms with Gasteiger partial charge in [0, 0.05) is 35.3 Å². The predicted molar refractivity (Wildman–Crippen MR) is 157 cm³/mol. The van der Waals surface area contributed by atoms with E-state index in [1.54, 1.807) is 41.8 Å². The lowest BCUT2D eigenvalue weighted by Gasteiger charge is -2.39. The second-order valence-corrected chi connectivity index (χ2v) is 12.6. The average molecular weight is 586 g/mol. The van der Waals surface area contributed by atoms with Crippen molar-refractivity contribution in [3.05, 3.63) is 95.1 Å². The van der Waals surface area contributed by atoms with Crippen LogP contribution in [-0.2, 0) is 19.6 Å². The molecule has 1 fully saturated rings. The summed E-state index contributed by atoms with van der Waals surface area (Å²) in [6, 6.07) is 21.8. The fourth-order valence-electron chi connectivity index (χ4n) is 5.24. The number of carbonyl (C=O) groups is 1. The first-order valence-electron chi connectivity index (χ1n) is 12.8. The Balaban J connectivity index is 1.64. The van der Waals surface area contributed by atoms with Gasteiger partial charge in [0.15, 0.2) is 0 Å². The van der Waals surface area contributed by atoms with Crippen LogP contribution in [0.2, 0.25) is 0 Å². The minimum atomic E-state index is -4.17. The van der Waals surface area contributed by atoms with E-state index in [1.807, 2.05) is 30.0 Å². The normalized spacial score (nSPS) is 13.7. The lowest BCUT2D eigenvalue weighted by atomic mass is 9.97. The molecular weight excluding hydrogens is 561 g/mol. The number of rotatable bonds is 6. The van der Waals surface area contributed by atoms with Crippen molar-refractivity contribution >= 4 is 43.9 Å². The molecule has 0 atom stereocenters. The summed E-state index contributed by atoms with van der Waals surface area (Å²) in [6.45, 7) is 2.82. The van der Waals surface area contributed by atoms with Crippen LogP contribution < -0.4 is 4.90 Å². The molecule has 41 heavy (non-hydrogen) atoms. The van der Waals surface area contributed by atoms with Crippen molar-refractivity contribution in [1.29, 1.82) is 5.26 Å². The summed E-state index contributed by atoms with van der Waals surface area (Å²) in [5, 5.41) is 12.0. The van der Waals surface area contributed by atoms with Crippen molar-refractivity contribution in [3.8, 4) is 27.8 Å². The lowest BCUT2D eigenvalue weighted by Crippen LogP contribution is -2.50. The van der Waals surface area contributed by atoms with E-state index in [0.717, 1.165) is 11.3 Å². The first-order valence-corrected chi connectivity index (χ1v) is 15.1. The summed E-state index contributed by atoms with van der Waals surface area (Å²) in [7, 11) is -2.81. The van der Waals surface area contributed by atoms with Crippen LogP contribution in [0.1, 0.15) is 11.1 Å². The molecule has 0 aliphatic carbocycles. The van der Waals surface area contributed by atoms with Crippen LogP contribution in [-0.4, -0.2) is 38.6 Å². The highest BCUT2D eigenvalue weighted by atomic mass is 32.2. The van der Waals surface area contributed by atoms with E-state index in [9.17, 15) is 22.9 Å². The minimum Gasteiger partial charge on any atom is -0.469 e. The number of hydrogen-bond acceptors (Lipinski definition) is 7. The van der Waals surface area contributed by atoms with Gasteiger partial charge in [0.1, 0.15) is 11.9 Å². The van der Waals surface area contributed by atoms with Crippen LogP contribution in [0.15, 0.2) is 83.1 Å². The van der Waals surface area contributed by atoms with E-state index < -0.39 is 15.8 Å². The number of ether oxygens (including phenoxy) is 1. The molecule has 1 aliphatic rings. The number of carbonyl (C=O) groups excluding carboxylic acids is 1. The number of hydrogen-bond donors (Lipinski definition) is 0. The van der Waals surface area contributed by atoms with Crippen molar-refractivity contribution in [2.75, 3.05) is 25.1 Å². The van der Waals surface area contributed by atoms with Crippen LogP contribution in [0.4, 0.5) is 10.1 Å². The number of nitrogens with zero attached hydrogens (tertiary/aromatic N) is 3. The highest BCUT2D eigenvalue weighted by Gasteiger charge is 2.35. The monoisotopic (exact) mass is 585 g/mol. The molecule has 3 heterocycles. The number of thiophene rings is 1. The van der Waals surface area contributed by atoms with Crippen LogP contribution >= 0.6 is 11.3 Å². The molecule has 7 nitrogen and oxygen atoms in total. The summed E-state index contributed by atoms with van der Waals surface area (Å²) in [5.41, 5.74) is 3.75. The van der Waals surface area contributed by atoms with Crippen LogP contribution in [0.25, 0.3) is 32.6 Å². The van der Waals surface area contributed by atoms with Gasteiger partial charge in [-0.05, 0) is 60.8 Å². The third-order valence-electron chi connectivity index (χ3n) is 7.36. The Labute approximate surface area is 240 Å². The van der Waals surface area contributed by atoms with Crippen molar-refractivity contribution in [2.45, 2.75) is 11.8 Å². The van der Waals surface area contributed by atoms with Gasteiger partial charge in [-0.3, -0.25) is 4.79 Å². The SMILES string of the molecule is COC(=O)C1CN(c2cccc(-c3c(-c4sccc4C#N)c4cc(F)ccc4n3S(=O)(=O)c3ccc(C)cc3)c2)C1. The van der Waals surface area contributed by atoms with Crippen molar-refractivity contribution in [3.63, 3.8) is 0 Å². The number of benzene rings is 3. The van der Waals surface area contributed by atoms with Gasteiger partial charge >= 0.3 is 5.97 Å². The number of aryl methyl sites for hydroxylation is 1. The first kappa shape index (κ1) is 26.7. The Morgan fingerprint density at radius 1 is 1.07 bits per heavy atom. The van der Waals surface area contributed by atoms with Crippen molar-refractivity contribution < 1.29 is 22.3 Å². The van der Waals surface area contributed by atoms with Gasteiger partial charge in [-0.2, -0.15) is 5.26 Å². The topological polar surface area (TPSA) is 92.4 Å². The first-order chi connectivity index (χ1) is 19.7. The lowest BCUT2D eigenvalue weighted by molar-refractivity contribution is -0.146. The Bertz CT molecular complexity index is 1960. The molecule has 10 heteroatoms. The van der Waals surface area contributed by atoms with Crippen LogP contribution in [0.3, 0.4) is 0 Å². The number of nitriles is 1. The highest BCUT2D eigenvalue weighted by molar-refractivity contribution is 7.90. The maximum Gasteiger partial charge on any atom is 0.312 e. The molecule has 0 saturated carbocycles. The zero-order valence-corrected chi connectivity index (χ0v) is 23.8. The van der Waals surface area contributed by atoms with Gasteiger partial charge in [-0.15, -0.1) is 11.3 Å². The van der Waals surface area contributed by atoms with Gasteiger partial charge < -0.3 is 9.64 Å². The second-order valence-electron chi connectivity index (χ2n) is 9.92. The van der Waals surface area contributed by atoms with E-state index in [1.165, 1.54) is 40.6 Å². The predicted octanol–water partition coefficient (Wildman–Crippen LogP) is 6.20.